The van der Waals surface area contributed by atoms with Gasteiger partial charge in [0.1, 0.15) is 5.54 Å². The van der Waals surface area contributed by atoms with Gasteiger partial charge in [-0.1, -0.05) is 0 Å². The van der Waals surface area contributed by atoms with E-state index in [2.05, 4.69) is 0 Å². The monoisotopic (exact) mass is 203 g/mol. The number of carboxylic acids is 1. The molecule has 0 aromatic carbocycles. The number of carboxylic acid groups (broad SMARTS) is 2. The minimum atomic E-state index is -1.40. The third-order valence-corrected chi connectivity index (χ3v) is 2.67. The summed E-state index contributed by atoms with van der Waals surface area (Å²) in [5.41, 5.74) is -1.40. The summed E-state index contributed by atoms with van der Waals surface area (Å²) >= 11 is 0. The Balaban J connectivity index is 2.92. The molecule has 3 N–H and O–H groups in total. The first-order valence-electron chi connectivity index (χ1n) is 4.26. The number of hydrogen-bond donors (Lipinski definition) is 3. The first-order valence-corrected chi connectivity index (χ1v) is 4.26. The highest BCUT2D eigenvalue weighted by Gasteiger charge is 2.50. The number of aliphatic hydroxyl groups excluding tert-OH is 1. The largest absolute Gasteiger partial charge is 0.480 e. The van der Waals surface area contributed by atoms with E-state index in [-0.39, 0.29) is 25.5 Å². The van der Waals surface area contributed by atoms with Crippen LogP contribution in [0, 0.1) is 5.92 Å². The Morgan fingerprint density at radius 3 is 2.36 bits per heavy atom. The summed E-state index contributed by atoms with van der Waals surface area (Å²) in [6, 6.07) is 0. The lowest BCUT2D eigenvalue weighted by molar-refractivity contribution is -0.147. The number of rotatable bonds is 2. The number of carbonyl (C=O) groups is 2. The second-order valence-electron chi connectivity index (χ2n) is 3.72. The molecule has 6 heteroatoms. The van der Waals surface area contributed by atoms with Crippen molar-refractivity contribution in [1.29, 1.82) is 0 Å². The van der Waals surface area contributed by atoms with E-state index in [0.717, 1.165) is 4.90 Å². The summed E-state index contributed by atoms with van der Waals surface area (Å²) in [6.07, 6.45) is -1.10. The quantitative estimate of drug-likeness (QED) is 0.578. The van der Waals surface area contributed by atoms with Crippen LogP contribution in [-0.4, -0.2) is 51.0 Å². The molecule has 0 saturated carbocycles. The maximum absolute atomic E-state index is 10.9. The lowest BCUT2D eigenvalue weighted by Gasteiger charge is -2.28. The van der Waals surface area contributed by atoms with E-state index in [9.17, 15) is 9.59 Å². The van der Waals surface area contributed by atoms with Crippen LogP contribution in [0.2, 0.25) is 0 Å². The van der Waals surface area contributed by atoms with Gasteiger partial charge in [0.15, 0.2) is 0 Å². The average Bonchev–Trinajstić information content (AvgIpc) is 2.44. The molecule has 6 nitrogen and oxygen atoms in total. The molecule has 2 unspecified atom stereocenters. The summed E-state index contributed by atoms with van der Waals surface area (Å²) in [6.45, 7) is 1.25. The van der Waals surface area contributed by atoms with Crippen molar-refractivity contribution in [1.82, 2.24) is 4.90 Å². The van der Waals surface area contributed by atoms with Crippen molar-refractivity contribution in [3.8, 4) is 0 Å². The topological polar surface area (TPSA) is 98.1 Å². The molecule has 1 fully saturated rings. The summed E-state index contributed by atoms with van der Waals surface area (Å²) in [5, 5.41) is 26.6. The molecular formula is C8H13NO5. The molecule has 0 spiro atoms. The molecule has 0 aromatic rings. The molecule has 1 aliphatic rings. The van der Waals surface area contributed by atoms with Crippen molar-refractivity contribution in [3.63, 3.8) is 0 Å². The van der Waals surface area contributed by atoms with Crippen molar-refractivity contribution in [2.75, 3.05) is 13.2 Å². The van der Waals surface area contributed by atoms with Gasteiger partial charge < -0.3 is 15.3 Å². The van der Waals surface area contributed by atoms with Crippen LogP contribution in [0.25, 0.3) is 0 Å². The molecule has 0 aromatic heterocycles. The van der Waals surface area contributed by atoms with Crippen LogP contribution in [0.4, 0.5) is 4.79 Å². The van der Waals surface area contributed by atoms with Crippen molar-refractivity contribution >= 4 is 12.1 Å². The Morgan fingerprint density at radius 1 is 1.50 bits per heavy atom. The first-order chi connectivity index (χ1) is 6.41. The Labute approximate surface area is 80.8 Å². The minimum Gasteiger partial charge on any atom is -0.480 e. The van der Waals surface area contributed by atoms with E-state index < -0.39 is 17.6 Å². The van der Waals surface area contributed by atoms with Gasteiger partial charge >= 0.3 is 12.1 Å². The van der Waals surface area contributed by atoms with Crippen LogP contribution in [0.5, 0.6) is 0 Å². The zero-order chi connectivity index (χ0) is 10.9. The Bertz CT molecular complexity index is 266. The van der Waals surface area contributed by atoms with Gasteiger partial charge in [-0.3, -0.25) is 4.90 Å². The summed E-state index contributed by atoms with van der Waals surface area (Å²) in [7, 11) is 0. The van der Waals surface area contributed by atoms with Crippen molar-refractivity contribution in [3.05, 3.63) is 0 Å². The molecule has 1 heterocycles. The fourth-order valence-electron chi connectivity index (χ4n) is 1.81. The number of nitrogens with zero attached hydrogens (tertiary/aromatic N) is 1. The Morgan fingerprint density at radius 2 is 2.07 bits per heavy atom. The van der Waals surface area contributed by atoms with Crippen LogP contribution in [0.15, 0.2) is 0 Å². The van der Waals surface area contributed by atoms with Crippen LogP contribution < -0.4 is 0 Å². The molecule has 1 amide bonds. The molecule has 14 heavy (non-hydrogen) atoms. The number of amides is 1. The van der Waals surface area contributed by atoms with E-state index in [1.54, 1.807) is 0 Å². The fourth-order valence-corrected chi connectivity index (χ4v) is 1.81. The zero-order valence-electron chi connectivity index (χ0n) is 7.80. The van der Waals surface area contributed by atoms with Gasteiger partial charge in [0, 0.05) is 19.1 Å². The molecule has 0 bridgehead atoms. The third-order valence-electron chi connectivity index (χ3n) is 2.67. The van der Waals surface area contributed by atoms with Crippen molar-refractivity contribution < 1.29 is 24.9 Å². The molecule has 1 saturated heterocycles. The van der Waals surface area contributed by atoms with Gasteiger partial charge in [0.2, 0.25) is 0 Å². The van der Waals surface area contributed by atoms with Gasteiger partial charge in [-0.2, -0.15) is 0 Å². The first kappa shape index (κ1) is 10.8. The van der Waals surface area contributed by atoms with Gasteiger partial charge in [0.05, 0.1) is 0 Å². The van der Waals surface area contributed by atoms with Crippen LogP contribution in [-0.2, 0) is 4.79 Å². The molecular weight excluding hydrogens is 190 g/mol. The Kier molecular flexibility index (Phi) is 2.66. The molecule has 0 radical (unpaired) electrons. The lowest BCUT2D eigenvalue weighted by Crippen LogP contribution is -2.50. The zero-order valence-corrected chi connectivity index (χ0v) is 7.80. The smallest absolute Gasteiger partial charge is 0.408 e. The third kappa shape index (κ3) is 1.52. The van der Waals surface area contributed by atoms with E-state index in [0.29, 0.717) is 0 Å². The molecule has 1 aliphatic heterocycles. The molecule has 2 atom stereocenters. The predicted molar refractivity (Wildman–Crippen MR) is 46.0 cm³/mol. The molecule has 1 rings (SSSR count). The summed E-state index contributed by atoms with van der Waals surface area (Å²) in [5.74, 6) is -1.46. The summed E-state index contributed by atoms with van der Waals surface area (Å²) < 4.78 is 0. The molecule has 0 aliphatic carbocycles. The van der Waals surface area contributed by atoms with Gasteiger partial charge in [-0.15, -0.1) is 0 Å². The van der Waals surface area contributed by atoms with Crippen LogP contribution in [0.1, 0.15) is 13.3 Å². The van der Waals surface area contributed by atoms with Gasteiger partial charge in [0.25, 0.3) is 0 Å². The van der Waals surface area contributed by atoms with Crippen molar-refractivity contribution in [2.24, 2.45) is 5.92 Å². The summed E-state index contributed by atoms with van der Waals surface area (Å²) in [4.78, 5) is 22.5. The number of hydrogen-bond acceptors (Lipinski definition) is 3. The number of aliphatic carboxylic acids is 1. The predicted octanol–water partition coefficient (Wildman–Crippen LogP) is -0.178. The highest BCUT2D eigenvalue weighted by Crippen LogP contribution is 2.33. The van der Waals surface area contributed by atoms with Crippen LogP contribution >= 0.6 is 0 Å². The second-order valence-corrected chi connectivity index (χ2v) is 3.72. The maximum Gasteiger partial charge on any atom is 0.408 e. The van der Waals surface area contributed by atoms with Crippen molar-refractivity contribution in [2.45, 2.75) is 18.9 Å². The maximum atomic E-state index is 10.9. The van der Waals surface area contributed by atoms with E-state index in [1.807, 2.05) is 0 Å². The van der Waals surface area contributed by atoms with Gasteiger partial charge in [-0.25, -0.2) is 9.59 Å². The normalized spacial score (nSPS) is 31.9. The Hall–Kier alpha value is -1.30. The fraction of sp³-hybridized carbons (Fsp3) is 0.750. The SMILES string of the molecule is CC1(C(=O)O)CC(CO)CN1C(=O)O. The van der Waals surface area contributed by atoms with E-state index in [4.69, 9.17) is 15.3 Å². The minimum absolute atomic E-state index is 0.0780. The van der Waals surface area contributed by atoms with Crippen LogP contribution in [0.3, 0.4) is 0 Å². The number of likely N-dealkylation sites (tertiary alicyclic amines) is 1. The highest BCUT2D eigenvalue weighted by molar-refractivity contribution is 5.84. The molecule has 80 valence electrons. The van der Waals surface area contributed by atoms with E-state index in [1.165, 1.54) is 6.92 Å². The average molecular weight is 203 g/mol. The van der Waals surface area contributed by atoms with Gasteiger partial charge in [-0.05, 0) is 13.3 Å². The highest BCUT2D eigenvalue weighted by atomic mass is 16.4. The lowest BCUT2D eigenvalue weighted by atomic mass is 9.95. The standard InChI is InChI=1S/C8H13NO5/c1-8(6(11)12)2-5(4-10)3-9(8)7(13)14/h5,10H,2-4H2,1H3,(H,11,12)(H,13,14). The van der Waals surface area contributed by atoms with E-state index >= 15 is 0 Å². The second kappa shape index (κ2) is 3.45. The number of aliphatic hydroxyl groups is 1.